The molecule has 2 N–H and O–H groups in total. The first-order valence-electron chi connectivity index (χ1n) is 5.36. The predicted molar refractivity (Wildman–Crippen MR) is 73.1 cm³/mol. The first-order valence-corrected chi connectivity index (χ1v) is 6.11. The average molecular weight is 299 g/mol. The molecule has 2 rings (SSSR count). The summed E-state index contributed by atoms with van der Waals surface area (Å²) in [7, 11) is 0. The fraction of sp³-hybridized carbons (Fsp3) is 0.0769. The Kier molecular flexibility index (Phi) is 4.02. The minimum Gasteiger partial charge on any atom is -0.383 e. The third kappa shape index (κ3) is 3.03. The number of nitrogen functional groups attached to an aromatic ring is 1. The van der Waals surface area contributed by atoms with E-state index in [1.54, 1.807) is 0 Å². The molecule has 6 heteroatoms. The topological polar surface area (TPSA) is 56.0 Å². The molecule has 1 aromatic carbocycles. The Balaban J connectivity index is 2.34. The number of anilines is 1. The molecule has 2 aromatic rings. The zero-order chi connectivity index (χ0) is 14.0. The summed E-state index contributed by atoms with van der Waals surface area (Å²) < 4.78 is 13.6. The number of hydrogen-bond acceptors (Lipinski definition) is 3. The van der Waals surface area contributed by atoms with Crippen molar-refractivity contribution in [2.45, 2.75) is 6.42 Å². The Morgan fingerprint density at radius 2 is 2.11 bits per heavy atom. The van der Waals surface area contributed by atoms with Crippen LogP contribution in [-0.2, 0) is 6.42 Å². The largest absolute Gasteiger partial charge is 0.383 e. The van der Waals surface area contributed by atoms with Crippen LogP contribution in [0.2, 0.25) is 10.0 Å². The number of rotatable bonds is 3. The highest BCUT2D eigenvalue weighted by atomic mass is 35.5. The molecule has 1 aromatic heterocycles. The van der Waals surface area contributed by atoms with Crippen molar-refractivity contribution in [2.75, 3.05) is 5.73 Å². The Hall–Kier alpha value is -1.65. The number of nitrogens with zero attached hydrogens (tertiary/aromatic N) is 1. The molecule has 0 bridgehead atoms. The number of pyridine rings is 1. The second-order valence-electron chi connectivity index (χ2n) is 3.89. The molecule has 0 spiro atoms. The number of hydrogen-bond donors (Lipinski definition) is 1. The van der Waals surface area contributed by atoms with E-state index in [1.165, 1.54) is 30.5 Å². The van der Waals surface area contributed by atoms with Gasteiger partial charge in [0.2, 0.25) is 0 Å². The van der Waals surface area contributed by atoms with Crippen LogP contribution in [0.15, 0.2) is 30.5 Å². The maximum absolute atomic E-state index is 13.6. The minimum absolute atomic E-state index is 0.0573. The van der Waals surface area contributed by atoms with Crippen LogP contribution in [0.5, 0.6) is 0 Å². The number of ketones is 1. The number of carbonyl (C=O) groups excluding carboxylic acids is 1. The molecule has 0 unspecified atom stereocenters. The summed E-state index contributed by atoms with van der Waals surface area (Å²) in [5.41, 5.74) is 5.89. The van der Waals surface area contributed by atoms with Crippen molar-refractivity contribution in [3.63, 3.8) is 0 Å². The zero-order valence-electron chi connectivity index (χ0n) is 9.66. The second-order valence-corrected chi connectivity index (χ2v) is 4.73. The summed E-state index contributed by atoms with van der Waals surface area (Å²) in [6.45, 7) is 0. The normalized spacial score (nSPS) is 10.5. The lowest BCUT2D eigenvalue weighted by molar-refractivity contribution is 0.0992. The van der Waals surface area contributed by atoms with E-state index in [1.807, 2.05) is 0 Å². The molecular formula is C13H9Cl2FN2O. The molecule has 0 aliphatic carbocycles. The second kappa shape index (κ2) is 5.55. The number of carbonyl (C=O) groups is 1. The Bertz CT molecular complexity index is 626. The SMILES string of the molecule is Nc1ncc(Cl)cc1C(=O)Cc1c(F)cccc1Cl. The van der Waals surface area contributed by atoms with Crippen molar-refractivity contribution < 1.29 is 9.18 Å². The van der Waals surface area contributed by atoms with Gasteiger partial charge in [0.25, 0.3) is 0 Å². The highest BCUT2D eigenvalue weighted by Crippen LogP contribution is 2.23. The first kappa shape index (κ1) is 13.8. The lowest BCUT2D eigenvalue weighted by Gasteiger charge is -2.07. The average Bonchev–Trinajstić information content (AvgIpc) is 2.37. The summed E-state index contributed by atoms with van der Waals surface area (Å²) in [6, 6.07) is 5.64. The highest BCUT2D eigenvalue weighted by molar-refractivity contribution is 6.32. The zero-order valence-corrected chi connectivity index (χ0v) is 11.2. The predicted octanol–water partition coefficient (Wildman–Crippen LogP) is 3.54. The van der Waals surface area contributed by atoms with E-state index in [2.05, 4.69) is 4.98 Å². The number of halogens is 3. The van der Waals surface area contributed by atoms with Crippen LogP contribution in [0.25, 0.3) is 0 Å². The number of Topliss-reactive ketones (excluding diaryl/α,β-unsaturated/α-hetero) is 1. The van der Waals surface area contributed by atoms with Crippen LogP contribution in [0.4, 0.5) is 10.2 Å². The van der Waals surface area contributed by atoms with Crippen molar-refractivity contribution in [3.8, 4) is 0 Å². The first-order chi connectivity index (χ1) is 8.99. The van der Waals surface area contributed by atoms with Gasteiger partial charge in [0, 0.05) is 23.2 Å². The Morgan fingerprint density at radius 3 is 2.79 bits per heavy atom. The summed E-state index contributed by atoms with van der Waals surface area (Å²) in [4.78, 5) is 15.9. The van der Waals surface area contributed by atoms with Gasteiger partial charge in [-0.2, -0.15) is 0 Å². The van der Waals surface area contributed by atoms with E-state index in [4.69, 9.17) is 28.9 Å². The quantitative estimate of drug-likeness (QED) is 0.882. The summed E-state index contributed by atoms with van der Waals surface area (Å²) in [5.74, 6) is -0.865. The fourth-order valence-corrected chi connectivity index (χ4v) is 2.02. The number of nitrogens with two attached hydrogens (primary N) is 1. The summed E-state index contributed by atoms with van der Waals surface area (Å²) >= 11 is 11.6. The van der Waals surface area contributed by atoms with Gasteiger partial charge in [0.1, 0.15) is 11.6 Å². The van der Waals surface area contributed by atoms with Crippen LogP contribution >= 0.6 is 23.2 Å². The molecule has 0 amide bonds. The van der Waals surface area contributed by atoms with Gasteiger partial charge in [-0.05, 0) is 18.2 Å². The number of aromatic nitrogens is 1. The lowest BCUT2D eigenvalue weighted by atomic mass is 10.0. The minimum atomic E-state index is -0.533. The van der Waals surface area contributed by atoms with Gasteiger partial charge in [-0.15, -0.1) is 0 Å². The molecule has 0 atom stereocenters. The van der Waals surface area contributed by atoms with Gasteiger partial charge in [0.15, 0.2) is 5.78 Å². The molecular weight excluding hydrogens is 290 g/mol. The lowest BCUT2D eigenvalue weighted by Crippen LogP contribution is -2.10. The molecule has 0 aliphatic heterocycles. The van der Waals surface area contributed by atoms with Crippen molar-refractivity contribution >= 4 is 34.8 Å². The molecule has 0 saturated carbocycles. The van der Waals surface area contributed by atoms with Crippen LogP contribution < -0.4 is 5.73 Å². The molecule has 0 fully saturated rings. The maximum atomic E-state index is 13.6. The molecule has 0 saturated heterocycles. The van der Waals surface area contributed by atoms with Gasteiger partial charge in [0.05, 0.1) is 10.6 Å². The van der Waals surface area contributed by atoms with Crippen LogP contribution in [0, 0.1) is 5.82 Å². The smallest absolute Gasteiger partial charge is 0.171 e. The van der Waals surface area contributed by atoms with Gasteiger partial charge >= 0.3 is 0 Å². The van der Waals surface area contributed by atoms with Gasteiger partial charge in [-0.25, -0.2) is 9.37 Å². The third-order valence-electron chi connectivity index (χ3n) is 2.58. The van der Waals surface area contributed by atoms with Crippen LogP contribution in [0.1, 0.15) is 15.9 Å². The van der Waals surface area contributed by atoms with Gasteiger partial charge < -0.3 is 5.73 Å². The van der Waals surface area contributed by atoms with Crippen LogP contribution in [-0.4, -0.2) is 10.8 Å². The molecule has 98 valence electrons. The molecule has 1 heterocycles. The van der Waals surface area contributed by atoms with Crippen molar-refractivity contribution in [1.29, 1.82) is 0 Å². The van der Waals surface area contributed by atoms with E-state index in [0.717, 1.165) is 0 Å². The third-order valence-corrected chi connectivity index (χ3v) is 3.15. The molecule has 0 radical (unpaired) electrons. The van der Waals surface area contributed by atoms with E-state index in [9.17, 15) is 9.18 Å². The maximum Gasteiger partial charge on any atom is 0.171 e. The van der Waals surface area contributed by atoms with Crippen LogP contribution in [0.3, 0.4) is 0 Å². The van der Waals surface area contributed by atoms with Crippen molar-refractivity contribution in [1.82, 2.24) is 4.98 Å². The number of benzene rings is 1. The standard InChI is InChI=1S/C13H9Cl2FN2O/c14-7-4-9(13(17)18-6-7)12(19)5-8-10(15)2-1-3-11(8)16/h1-4,6H,5H2,(H2,17,18). The van der Waals surface area contributed by atoms with E-state index < -0.39 is 5.82 Å². The summed E-state index contributed by atoms with van der Waals surface area (Å²) in [5, 5.41) is 0.485. The monoisotopic (exact) mass is 298 g/mol. The molecule has 0 aliphatic rings. The molecule has 3 nitrogen and oxygen atoms in total. The Morgan fingerprint density at radius 1 is 1.37 bits per heavy atom. The van der Waals surface area contributed by atoms with Gasteiger partial charge in [-0.3, -0.25) is 4.79 Å². The van der Waals surface area contributed by atoms with Crippen molar-refractivity contribution in [3.05, 3.63) is 57.5 Å². The van der Waals surface area contributed by atoms with E-state index in [-0.39, 0.29) is 39.2 Å². The highest BCUT2D eigenvalue weighted by Gasteiger charge is 2.16. The summed E-state index contributed by atoms with van der Waals surface area (Å²) in [6.07, 6.45) is 1.14. The fourth-order valence-electron chi connectivity index (χ4n) is 1.63. The molecule has 19 heavy (non-hydrogen) atoms. The Labute approximate surface area is 119 Å². The van der Waals surface area contributed by atoms with Gasteiger partial charge in [-0.1, -0.05) is 29.3 Å². The van der Waals surface area contributed by atoms with Crippen molar-refractivity contribution in [2.24, 2.45) is 0 Å². The van der Waals surface area contributed by atoms with E-state index >= 15 is 0 Å². The van der Waals surface area contributed by atoms with E-state index in [0.29, 0.717) is 0 Å².